The SMILES string of the molecule is CC.CCc1nn(C)nc1C. The first kappa shape index (κ1) is 10.1. The van der Waals surface area contributed by atoms with E-state index in [1.165, 1.54) is 0 Å². The van der Waals surface area contributed by atoms with Gasteiger partial charge in [0, 0.05) is 7.05 Å². The summed E-state index contributed by atoms with van der Waals surface area (Å²) in [7, 11) is 1.84. The monoisotopic (exact) mass is 155 g/mol. The first-order valence-electron chi connectivity index (χ1n) is 4.11. The van der Waals surface area contributed by atoms with Crippen LogP contribution in [0.1, 0.15) is 32.2 Å². The molecule has 0 radical (unpaired) electrons. The van der Waals surface area contributed by atoms with E-state index in [0.717, 1.165) is 17.8 Å². The number of hydrogen-bond donors (Lipinski definition) is 0. The van der Waals surface area contributed by atoms with Gasteiger partial charge in [-0.25, -0.2) is 0 Å². The van der Waals surface area contributed by atoms with Crippen LogP contribution < -0.4 is 0 Å². The van der Waals surface area contributed by atoms with Crippen LogP contribution in [0, 0.1) is 6.92 Å². The molecule has 1 heterocycles. The molecule has 0 aliphatic heterocycles. The lowest BCUT2D eigenvalue weighted by molar-refractivity contribution is 0.643. The highest BCUT2D eigenvalue weighted by Crippen LogP contribution is 1.98. The zero-order valence-corrected chi connectivity index (χ0v) is 8.05. The van der Waals surface area contributed by atoms with Crippen LogP contribution >= 0.6 is 0 Å². The molecule has 0 saturated carbocycles. The normalized spacial score (nSPS) is 8.82. The van der Waals surface area contributed by atoms with Gasteiger partial charge in [-0.05, 0) is 13.3 Å². The Morgan fingerprint density at radius 3 is 2.00 bits per heavy atom. The maximum Gasteiger partial charge on any atom is 0.0853 e. The first-order valence-corrected chi connectivity index (χ1v) is 4.11. The van der Waals surface area contributed by atoms with Crippen LogP contribution in [-0.2, 0) is 13.5 Å². The lowest BCUT2D eigenvalue weighted by atomic mass is 10.3. The van der Waals surface area contributed by atoms with E-state index in [9.17, 15) is 0 Å². The van der Waals surface area contributed by atoms with Crippen molar-refractivity contribution >= 4 is 0 Å². The summed E-state index contributed by atoms with van der Waals surface area (Å²) in [5.41, 5.74) is 2.14. The summed E-state index contributed by atoms with van der Waals surface area (Å²) in [6.07, 6.45) is 0.972. The Labute approximate surface area is 68.4 Å². The summed E-state index contributed by atoms with van der Waals surface area (Å²) < 4.78 is 0. The van der Waals surface area contributed by atoms with E-state index in [4.69, 9.17) is 0 Å². The average Bonchev–Trinajstić information content (AvgIpc) is 2.33. The van der Waals surface area contributed by atoms with E-state index in [2.05, 4.69) is 17.1 Å². The maximum absolute atomic E-state index is 4.13. The van der Waals surface area contributed by atoms with E-state index in [1.54, 1.807) is 4.80 Å². The van der Waals surface area contributed by atoms with E-state index in [-0.39, 0.29) is 0 Å². The van der Waals surface area contributed by atoms with Gasteiger partial charge in [-0.1, -0.05) is 20.8 Å². The topological polar surface area (TPSA) is 30.7 Å². The third-order valence-electron chi connectivity index (χ3n) is 1.31. The van der Waals surface area contributed by atoms with Crippen molar-refractivity contribution in [3.8, 4) is 0 Å². The molecule has 0 atom stereocenters. The van der Waals surface area contributed by atoms with Crippen LogP contribution in [0.2, 0.25) is 0 Å². The Kier molecular flexibility index (Phi) is 4.50. The van der Waals surface area contributed by atoms with Gasteiger partial charge in [0.05, 0.1) is 11.4 Å². The molecule has 0 aromatic carbocycles. The molecule has 64 valence electrons. The van der Waals surface area contributed by atoms with Crippen molar-refractivity contribution in [2.24, 2.45) is 7.05 Å². The lowest BCUT2D eigenvalue weighted by Crippen LogP contribution is -1.92. The van der Waals surface area contributed by atoms with Gasteiger partial charge >= 0.3 is 0 Å². The van der Waals surface area contributed by atoms with E-state index >= 15 is 0 Å². The Balaban J connectivity index is 0.000000461. The minimum atomic E-state index is 0.972. The van der Waals surface area contributed by atoms with Gasteiger partial charge < -0.3 is 0 Å². The minimum absolute atomic E-state index is 0.972. The molecule has 0 spiro atoms. The Hall–Kier alpha value is -0.860. The standard InChI is InChI=1S/C6H11N3.C2H6/c1-4-6-5(2)7-9(3)8-6;1-2/h4H2,1-3H3;1-2H3. The predicted octanol–water partition coefficient (Wildman–Crippen LogP) is 1.71. The van der Waals surface area contributed by atoms with Crippen LogP contribution in [0.5, 0.6) is 0 Å². The quantitative estimate of drug-likeness (QED) is 0.618. The summed E-state index contributed by atoms with van der Waals surface area (Å²) in [5.74, 6) is 0. The van der Waals surface area contributed by atoms with Crippen molar-refractivity contribution in [2.45, 2.75) is 34.1 Å². The Bertz CT molecular complexity index is 203. The number of rotatable bonds is 1. The van der Waals surface area contributed by atoms with Crippen molar-refractivity contribution in [3.63, 3.8) is 0 Å². The maximum atomic E-state index is 4.13. The Morgan fingerprint density at radius 1 is 1.27 bits per heavy atom. The molecule has 0 N–H and O–H groups in total. The van der Waals surface area contributed by atoms with Crippen LogP contribution in [0.25, 0.3) is 0 Å². The number of aromatic nitrogens is 3. The molecular weight excluding hydrogens is 138 g/mol. The summed E-state index contributed by atoms with van der Waals surface area (Å²) in [6, 6.07) is 0. The molecule has 0 amide bonds. The zero-order valence-electron chi connectivity index (χ0n) is 8.05. The van der Waals surface area contributed by atoms with Crippen molar-refractivity contribution in [1.82, 2.24) is 15.0 Å². The molecule has 0 unspecified atom stereocenters. The molecule has 0 saturated heterocycles. The van der Waals surface area contributed by atoms with Crippen LogP contribution in [-0.4, -0.2) is 15.0 Å². The van der Waals surface area contributed by atoms with Crippen LogP contribution in [0.4, 0.5) is 0 Å². The second-order valence-corrected chi connectivity index (χ2v) is 2.08. The highest BCUT2D eigenvalue weighted by atomic mass is 15.5. The van der Waals surface area contributed by atoms with Crippen molar-refractivity contribution in [1.29, 1.82) is 0 Å². The molecule has 1 rings (SSSR count). The minimum Gasteiger partial charge on any atom is -0.188 e. The van der Waals surface area contributed by atoms with Gasteiger partial charge in [0.15, 0.2) is 0 Å². The first-order chi connectivity index (χ1) is 5.24. The number of aryl methyl sites for hydroxylation is 3. The van der Waals surface area contributed by atoms with E-state index in [1.807, 2.05) is 27.8 Å². The van der Waals surface area contributed by atoms with E-state index in [0.29, 0.717) is 0 Å². The number of hydrogen-bond acceptors (Lipinski definition) is 2. The Morgan fingerprint density at radius 2 is 1.82 bits per heavy atom. The fraction of sp³-hybridized carbons (Fsp3) is 0.750. The lowest BCUT2D eigenvalue weighted by Gasteiger charge is -1.83. The molecule has 0 aliphatic rings. The molecule has 11 heavy (non-hydrogen) atoms. The van der Waals surface area contributed by atoms with Gasteiger partial charge in [-0.2, -0.15) is 15.0 Å². The predicted molar refractivity (Wildman–Crippen MR) is 46.5 cm³/mol. The van der Waals surface area contributed by atoms with Crippen molar-refractivity contribution in [3.05, 3.63) is 11.4 Å². The van der Waals surface area contributed by atoms with Crippen LogP contribution in [0.15, 0.2) is 0 Å². The zero-order chi connectivity index (χ0) is 8.85. The highest BCUT2D eigenvalue weighted by molar-refractivity contribution is 5.04. The molecule has 0 bridgehead atoms. The fourth-order valence-electron chi connectivity index (χ4n) is 0.871. The fourth-order valence-corrected chi connectivity index (χ4v) is 0.871. The molecule has 0 aliphatic carbocycles. The highest BCUT2D eigenvalue weighted by Gasteiger charge is 1.99. The second kappa shape index (κ2) is 4.88. The summed E-state index contributed by atoms with van der Waals surface area (Å²) in [5, 5.41) is 8.22. The average molecular weight is 155 g/mol. The van der Waals surface area contributed by atoms with Gasteiger partial charge in [0.2, 0.25) is 0 Å². The second-order valence-electron chi connectivity index (χ2n) is 2.08. The molecule has 3 heteroatoms. The van der Waals surface area contributed by atoms with Crippen molar-refractivity contribution < 1.29 is 0 Å². The molecular formula is C8H17N3. The molecule has 0 fully saturated rings. The molecule has 1 aromatic heterocycles. The van der Waals surface area contributed by atoms with Gasteiger partial charge in [0.25, 0.3) is 0 Å². The molecule has 3 nitrogen and oxygen atoms in total. The smallest absolute Gasteiger partial charge is 0.0853 e. The summed E-state index contributed by atoms with van der Waals surface area (Å²) in [4.78, 5) is 1.61. The molecule has 1 aromatic rings. The summed E-state index contributed by atoms with van der Waals surface area (Å²) >= 11 is 0. The third-order valence-corrected chi connectivity index (χ3v) is 1.31. The van der Waals surface area contributed by atoms with Gasteiger partial charge in [0.1, 0.15) is 0 Å². The number of nitrogens with zero attached hydrogens (tertiary/aromatic N) is 3. The largest absolute Gasteiger partial charge is 0.188 e. The third kappa shape index (κ3) is 2.70. The van der Waals surface area contributed by atoms with Crippen LogP contribution in [0.3, 0.4) is 0 Å². The summed E-state index contributed by atoms with van der Waals surface area (Å²) in [6.45, 7) is 8.06. The van der Waals surface area contributed by atoms with E-state index < -0.39 is 0 Å². The van der Waals surface area contributed by atoms with Gasteiger partial charge in [-0.3, -0.25) is 0 Å². The van der Waals surface area contributed by atoms with Gasteiger partial charge in [-0.15, -0.1) is 0 Å². The van der Waals surface area contributed by atoms with Crippen molar-refractivity contribution in [2.75, 3.05) is 0 Å².